The van der Waals surface area contributed by atoms with Gasteiger partial charge in [-0.2, -0.15) is 8.42 Å². The van der Waals surface area contributed by atoms with Crippen molar-refractivity contribution in [2.75, 3.05) is 4.90 Å². The third-order valence-electron chi connectivity index (χ3n) is 6.31. The molecule has 1 aliphatic heterocycles. The number of hydrogen-bond donors (Lipinski definition) is 1. The second-order valence-corrected chi connectivity index (χ2v) is 11.8. The first-order chi connectivity index (χ1) is 20.5. The number of rotatable bonds is 8. The molecule has 0 saturated carbocycles. The van der Waals surface area contributed by atoms with Gasteiger partial charge in [-0.25, -0.2) is 9.69 Å². The number of urea groups is 1. The van der Waals surface area contributed by atoms with Gasteiger partial charge in [0.2, 0.25) is 0 Å². The number of ether oxygens (including phenoxy) is 1. The Morgan fingerprint density at radius 2 is 1.49 bits per heavy atom. The van der Waals surface area contributed by atoms with Crippen LogP contribution in [0.4, 0.5) is 10.5 Å². The summed E-state index contributed by atoms with van der Waals surface area (Å²) < 4.78 is 36.1. The van der Waals surface area contributed by atoms with Gasteiger partial charge < -0.3 is 8.92 Å². The zero-order valence-corrected chi connectivity index (χ0v) is 24.7. The van der Waals surface area contributed by atoms with Gasteiger partial charge >= 0.3 is 16.1 Å². The molecule has 1 N–H and O–H groups in total. The van der Waals surface area contributed by atoms with Crippen molar-refractivity contribution < 1.29 is 31.7 Å². The van der Waals surface area contributed by atoms with E-state index < -0.39 is 28.0 Å². The lowest BCUT2D eigenvalue weighted by atomic mass is 10.1. The Labute approximate surface area is 257 Å². The molecule has 0 unspecified atom stereocenters. The molecule has 1 saturated heterocycles. The number of carbonyl (C=O) groups is 3. The normalized spacial score (nSPS) is 14.5. The number of aryl methyl sites for hydroxylation is 1. The van der Waals surface area contributed by atoms with E-state index in [1.807, 2.05) is 6.92 Å². The number of barbiturate groups is 1. The fourth-order valence-electron chi connectivity index (χ4n) is 4.05. The summed E-state index contributed by atoms with van der Waals surface area (Å²) in [6.45, 7) is 2.01. The van der Waals surface area contributed by atoms with Gasteiger partial charge in [-0.1, -0.05) is 59.1 Å². The van der Waals surface area contributed by atoms with Crippen LogP contribution < -0.4 is 19.1 Å². The molecule has 4 amide bonds. The summed E-state index contributed by atoms with van der Waals surface area (Å²) in [6.07, 6.45) is 1.29. The minimum atomic E-state index is -4.05. The van der Waals surface area contributed by atoms with Gasteiger partial charge in [0.25, 0.3) is 11.8 Å². The van der Waals surface area contributed by atoms with Crippen LogP contribution in [-0.4, -0.2) is 26.3 Å². The average molecular weight is 637 g/mol. The third kappa shape index (κ3) is 6.89. The van der Waals surface area contributed by atoms with Crippen LogP contribution in [0.5, 0.6) is 11.5 Å². The summed E-state index contributed by atoms with van der Waals surface area (Å²) in [5.74, 6) is -1.20. The van der Waals surface area contributed by atoms with Gasteiger partial charge in [0.15, 0.2) is 0 Å². The van der Waals surface area contributed by atoms with Gasteiger partial charge in [0.1, 0.15) is 28.6 Å². The quantitative estimate of drug-likeness (QED) is 0.137. The van der Waals surface area contributed by atoms with Crippen molar-refractivity contribution in [3.8, 4) is 11.5 Å². The number of imide groups is 2. The van der Waals surface area contributed by atoms with Crippen molar-refractivity contribution >= 4 is 62.9 Å². The zero-order chi connectivity index (χ0) is 30.7. The molecule has 0 aliphatic carbocycles. The van der Waals surface area contributed by atoms with Crippen LogP contribution in [0.15, 0.2) is 101 Å². The maximum Gasteiger partial charge on any atom is 0.339 e. The molecular weight excluding hydrogens is 615 g/mol. The second-order valence-electron chi connectivity index (χ2n) is 9.40. The number of hydrogen-bond acceptors (Lipinski definition) is 7. The molecule has 9 nitrogen and oxygen atoms in total. The smallest absolute Gasteiger partial charge is 0.339 e. The van der Waals surface area contributed by atoms with Gasteiger partial charge in [-0.05, 0) is 79.2 Å². The lowest BCUT2D eigenvalue weighted by molar-refractivity contribution is -0.122. The molecule has 43 heavy (non-hydrogen) atoms. The van der Waals surface area contributed by atoms with Crippen molar-refractivity contribution in [3.05, 3.63) is 123 Å². The zero-order valence-electron chi connectivity index (χ0n) is 22.4. The molecule has 218 valence electrons. The first-order valence-electron chi connectivity index (χ1n) is 12.7. The Bertz CT molecular complexity index is 1860. The van der Waals surface area contributed by atoms with Gasteiger partial charge in [0.05, 0.1) is 5.69 Å². The third-order valence-corrected chi connectivity index (χ3v) is 8.16. The predicted molar refractivity (Wildman–Crippen MR) is 162 cm³/mol. The predicted octanol–water partition coefficient (Wildman–Crippen LogP) is 6.31. The van der Waals surface area contributed by atoms with E-state index in [4.69, 9.17) is 32.1 Å². The molecule has 1 fully saturated rings. The van der Waals surface area contributed by atoms with E-state index in [1.54, 1.807) is 42.5 Å². The Hall–Kier alpha value is -4.64. The number of halogens is 2. The molecule has 0 spiro atoms. The summed E-state index contributed by atoms with van der Waals surface area (Å²) >= 11 is 12.1. The molecule has 1 heterocycles. The Balaban J connectivity index is 1.29. The standard InChI is InChI=1S/C31H22Cl2N2O7S/c1-19-2-14-26(15-3-19)43(39,40)42-25-10-4-20(5-11-25)16-27-29(36)34-31(38)35(30(27)37)23-8-12-24(13-9-23)41-18-21-6-7-22(32)17-28(21)33/h2-17H,18H2,1H3,(H,34,36,38)/b27-16+. The number of carbonyl (C=O) groups excluding carboxylic acids is 3. The summed E-state index contributed by atoms with van der Waals surface area (Å²) in [4.78, 5) is 39.3. The molecule has 0 atom stereocenters. The van der Waals surface area contributed by atoms with Crippen molar-refractivity contribution in [2.45, 2.75) is 18.4 Å². The summed E-state index contributed by atoms with van der Waals surface area (Å²) in [6, 6.07) is 22.3. The maximum absolute atomic E-state index is 13.3. The van der Waals surface area contributed by atoms with Crippen molar-refractivity contribution in [1.82, 2.24) is 5.32 Å². The molecule has 4 aromatic rings. The van der Waals surface area contributed by atoms with Crippen molar-refractivity contribution in [1.29, 1.82) is 0 Å². The molecule has 5 rings (SSSR count). The number of benzene rings is 4. The summed E-state index contributed by atoms with van der Waals surface area (Å²) in [5, 5.41) is 3.12. The highest BCUT2D eigenvalue weighted by molar-refractivity contribution is 7.87. The molecule has 4 aromatic carbocycles. The molecule has 0 radical (unpaired) electrons. The number of nitrogens with zero attached hydrogens (tertiary/aromatic N) is 1. The Kier molecular flexibility index (Phi) is 8.54. The maximum atomic E-state index is 13.3. The molecule has 12 heteroatoms. The Morgan fingerprint density at radius 1 is 0.837 bits per heavy atom. The minimum absolute atomic E-state index is 0.00377. The van der Waals surface area contributed by atoms with E-state index in [-0.39, 0.29) is 28.5 Å². The molecule has 0 aromatic heterocycles. The fourth-order valence-corrected chi connectivity index (χ4v) is 5.44. The first-order valence-corrected chi connectivity index (χ1v) is 14.9. The van der Waals surface area contributed by atoms with Gasteiger partial charge in [-0.15, -0.1) is 0 Å². The molecular formula is C31H22Cl2N2O7S. The second kappa shape index (κ2) is 12.3. The van der Waals surface area contributed by atoms with Crippen LogP contribution in [0.25, 0.3) is 6.08 Å². The van der Waals surface area contributed by atoms with Crippen LogP contribution in [-0.2, 0) is 26.3 Å². The highest BCUT2D eigenvalue weighted by Gasteiger charge is 2.36. The van der Waals surface area contributed by atoms with Gasteiger partial charge in [-0.3, -0.25) is 14.9 Å². The van der Waals surface area contributed by atoms with Crippen LogP contribution in [0.2, 0.25) is 10.0 Å². The van der Waals surface area contributed by atoms with E-state index in [0.717, 1.165) is 16.0 Å². The number of anilines is 1. The van der Waals surface area contributed by atoms with Crippen LogP contribution in [0.3, 0.4) is 0 Å². The van der Waals surface area contributed by atoms with Crippen molar-refractivity contribution in [3.63, 3.8) is 0 Å². The number of nitrogens with one attached hydrogen (secondary N) is 1. The van der Waals surface area contributed by atoms with Crippen molar-refractivity contribution in [2.24, 2.45) is 0 Å². The van der Waals surface area contributed by atoms with Crippen LogP contribution in [0, 0.1) is 6.92 Å². The highest BCUT2D eigenvalue weighted by Crippen LogP contribution is 2.27. The van der Waals surface area contributed by atoms with E-state index in [1.165, 1.54) is 54.6 Å². The average Bonchev–Trinajstić information content (AvgIpc) is 2.96. The minimum Gasteiger partial charge on any atom is -0.489 e. The number of amides is 4. The highest BCUT2D eigenvalue weighted by atomic mass is 35.5. The van der Waals surface area contributed by atoms with E-state index in [2.05, 4.69) is 5.32 Å². The Morgan fingerprint density at radius 3 is 2.14 bits per heavy atom. The lowest BCUT2D eigenvalue weighted by Crippen LogP contribution is -2.54. The summed E-state index contributed by atoms with van der Waals surface area (Å²) in [7, 11) is -4.05. The van der Waals surface area contributed by atoms with Gasteiger partial charge in [0, 0.05) is 15.6 Å². The van der Waals surface area contributed by atoms with Crippen LogP contribution >= 0.6 is 23.2 Å². The fraction of sp³-hybridized carbons (Fsp3) is 0.0645. The summed E-state index contributed by atoms with van der Waals surface area (Å²) in [5.41, 5.74) is 1.94. The van der Waals surface area contributed by atoms with Crippen LogP contribution in [0.1, 0.15) is 16.7 Å². The monoisotopic (exact) mass is 636 g/mol. The SMILES string of the molecule is Cc1ccc(S(=O)(=O)Oc2ccc(/C=C3\C(=O)NC(=O)N(c4ccc(OCc5ccc(Cl)cc5Cl)cc4)C3=O)cc2)cc1. The molecule has 1 aliphatic rings. The largest absolute Gasteiger partial charge is 0.489 e. The lowest BCUT2D eigenvalue weighted by Gasteiger charge is -2.26. The topological polar surface area (TPSA) is 119 Å². The first kappa shape index (κ1) is 29.8. The van der Waals surface area contributed by atoms with E-state index >= 15 is 0 Å². The molecule has 0 bridgehead atoms. The van der Waals surface area contributed by atoms with E-state index in [0.29, 0.717) is 21.4 Å². The van der Waals surface area contributed by atoms with E-state index in [9.17, 15) is 22.8 Å².